The zero-order valence-corrected chi connectivity index (χ0v) is 17.9. The fourth-order valence-electron chi connectivity index (χ4n) is 4.70. The summed E-state index contributed by atoms with van der Waals surface area (Å²) >= 11 is 0. The lowest BCUT2D eigenvalue weighted by Gasteiger charge is -2.43. The van der Waals surface area contributed by atoms with E-state index in [0.29, 0.717) is 58.1 Å². The van der Waals surface area contributed by atoms with Crippen molar-refractivity contribution in [3.8, 4) is 6.07 Å². The molecule has 2 atom stereocenters. The number of piperidine rings is 1. The van der Waals surface area contributed by atoms with Crippen LogP contribution in [0, 0.1) is 22.7 Å². The molecule has 9 heteroatoms. The number of halogens is 3. The molecule has 1 aromatic carbocycles. The molecule has 170 valence electrons. The molecule has 2 aliphatic rings. The van der Waals surface area contributed by atoms with Crippen LogP contribution in [0.3, 0.4) is 0 Å². The number of anilines is 1. The number of fused-ring (bicyclic) bond motifs is 1. The Labute approximate surface area is 180 Å². The lowest BCUT2D eigenvalue weighted by atomic mass is 9.74. The van der Waals surface area contributed by atoms with Crippen LogP contribution in [0.2, 0.25) is 0 Å². The van der Waals surface area contributed by atoms with Gasteiger partial charge in [-0.1, -0.05) is 6.92 Å². The van der Waals surface area contributed by atoms with E-state index in [1.165, 1.54) is 6.07 Å². The molecule has 0 unspecified atom stereocenters. The molecule has 2 saturated heterocycles. The van der Waals surface area contributed by atoms with Crippen LogP contribution in [0.1, 0.15) is 30.9 Å². The summed E-state index contributed by atoms with van der Waals surface area (Å²) in [5.41, 5.74) is -1.23. The van der Waals surface area contributed by atoms with E-state index in [1.807, 2.05) is 16.7 Å². The number of benzene rings is 1. The van der Waals surface area contributed by atoms with Crippen LogP contribution in [-0.2, 0) is 20.4 Å². The van der Waals surface area contributed by atoms with E-state index in [-0.39, 0.29) is 22.8 Å². The third kappa shape index (κ3) is 4.96. The third-order valence-electron chi connectivity index (χ3n) is 6.34. The minimum absolute atomic E-state index is 0.0749. The molecule has 2 heterocycles. The number of hydrogen-bond donors (Lipinski definition) is 0. The van der Waals surface area contributed by atoms with Gasteiger partial charge in [0.15, 0.2) is 0 Å². The van der Waals surface area contributed by atoms with Crippen LogP contribution >= 0.6 is 0 Å². The van der Waals surface area contributed by atoms with Crippen molar-refractivity contribution in [1.29, 1.82) is 5.26 Å². The van der Waals surface area contributed by atoms with Crippen LogP contribution in [0.5, 0.6) is 0 Å². The maximum Gasteiger partial charge on any atom is 0.417 e. The van der Waals surface area contributed by atoms with Crippen molar-refractivity contribution >= 4 is 11.6 Å². The van der Waals surface area contributed by atoms with Gasteiger partial charge in [-0.2, -0.15) is 18.4 Å². The van der Waals surface area contributed by atoms with E-state index in [2.05, 4.69) is 0 Å². The van der Waals surface area contributed by atoms with E-state index in [1.54, 1.807) is 19.2 Å². The van der Waals surface area contributed by atoms with Crippen LogP contribution in [0.15, 0.2) is 18.2 Å². The molecule has 0 radical (unpaired) electrons. The summed E-state index contributed by atoms with van der Waals surface area (Å²) in [6.07, 6.45) is -3.41. The van der Waals surface area contributed by atoms with Gasteiger partial charge in [-0.05, 0) is 30.5 Å². The summed E-state index contributed by atoms with van der Waals surface area (Å²) in [5.74, 6) is 0.270. The fraction of sp³-hybridized carbons (Fsp3) is 0.636. The molecule has 0 saturated carbocycles. The zero-order chi connectivity index (χ0) is 22.6. The minimum Gasteiger partial charge on any atom is -0.382 e. The van der Waals surface area contributed by atoms with Crippen LogP contribution < -0.4 is 4.90 Å². The van der Waals surface area contributed by atoms with Gasteiger partial charge >= 0.3 is 6.18 Å². The number of alkyl halides is 3. The Bertz CT molecular complexity index is 840. The van der Waals surface area contributed by atoms with Crippen molar-refractivity contribution in [2.45, 2.75) is 25.9 Å². The Morgan fingerprint density at radius 2 is 2.10 bits per heavy atom. The highest BCUT2D eigenvalue weighted by atomic mass is 19.4. The number of ether oxygens (including phenoxy) is 2. The first-order chi connectivity index (χ1) is 14.7. The predicted octanol–water partition coefficient (Wildman–Crippen LogP) is 3.30. The van der Waals surface area contributed by atoms with Gasteiger partial charge in [0.2, 0.25) is 5.91 Å². The second-order valence-electron chi connectivity index (χ2n) is 8.28. The second-order valence-corrected chi connectivity index (χ2v) is 8.28. The number of likely N-dealkylation sites (tertiary alicyclic amines) is 1. The van der Waals surface area contributed by atoms with E-state index in [4.69, 9.17) is 14.7 Å². The summed E-state index contributed by atoms with van der Waals surface area (Å²) in [4.78, 5) is 16.1. The van der Waals surface area contributed by atoms with E-state index in [0.717, 1.165) is 12.5 Å². The quantitative estimate of drug-likeness (QED) is 0.610. The van der Waals surface area contributed by atoms with E-state index >= 15 is 0 Å². The molecule has 6 nitrogen and oxygen atoms in total. The average molecular weight is 439 g/mol. The van der Waals surface area contributed by atoms with Crippen LogP contribution in [0.4, 0.5) is 18.9 Å². The first-order valence-electron chi connectivity index (χ1n) is 10.4. The Morgan fingerprint density at radius 3 is 2.74 bits per heavy atom. The molecule has 0 aliphatic carbocycles. The second kappa shape index (κ2) is 9.45. The fourth-order valence-corrected chi connectivity index (χ4v) is 4.70. The molecule has 31 heavy (non-hydrogen) atoms. The Morgan fingerprint density at radius 1 is 1.32 bits per heavy atom. The molecule has 1 amide bonds. The monoisotopic (exact) mass is 439 g/mol. The maximum atomic E-state index is 13.4. The van der Waals surface area contributed by atoms with Gasteiger partial charge in [-0.15, -0.1) is 0 Å². The molecule has 0 bridgehead atoms. The SMILES string of the molecule is CCC(=O)N1CC[C@@H]2CN(c3ccc(C#N)c(C(F)(F)F)c3)C[C@]2(COCCOC)C1. The zero-order valence-electron chi connectivity index (χ0n) is 17.9. The van der Waals surface area contributed by atoms with E-state index < -0.39 is 11.7 Å². The first-order valence-corrected chi connectivity index (χ1v) is 10.4. The topological polar surface area (TPSA) is 65.8 Å². The molecule has 2 fully saturated rings. The smallest absolute Gasteiger partial charge is 0.382 e. The largest absolute Gasteiger partial charge is 0.417 e. The standard InChI is InChI=1S/C22H28F3N3O3/c1-3-20(29)27-7-6-17-12-28(14-21(17,13-27)15-31-9-8-30-2)18-5-4-16(11-26)19(10-18)22(23,24)25/h4-5,10,17H,3,6-9,12-15H2,1-2H3/t17-,21+/m1/s1. The van der Waals surface area contributed by atoms with Crippen LogP contribution in [0.25, 0.3) is 0 Å². The number of methoxy groups -OCH3 is 1. The molecule has 2 aliphatic heterocycles. The van der Waals surface area contributed by atoms with Crippen molar-refractivity contribution < 1.29 is 27.4 Å². The number of nitrogens with zero attached hydrogens (tertiary/aromatic N) is 3. The highest BCUT2D eigenvalue weighted by Gasteiger charge is 2.51. The predicted molar refractivity (Wildman–Crippen MR) is 108 cm³/mol. The summed E-state index contributed by atoms with van der Waals surface area (Å²) in [6, 6.07) is 5.49. The van der Waals surface area contributed by atoms with Gasteiger partial charge in [-0.25, -0.2) is 0 Å². The minimum atomic E-state index is -4.60. The first kappa shape index (κ1) is 23.4. The van der Waals surface area contributed by atoms with Crippen LogP contribution in [-0.4, -0.2) is 63.9 Å². The molecule has 0 aromatic heterocycles. The maximum absolute atomic E-state index is 13.4. The van der Waals surface area contributed by atoms with Crippen molar-refractivity contribution in [3.63, 3.8) is 0 Å². The number of amides is 1. The Balaban J connectivity index is 1.87. The van der Waals surface area contributed by atoms with Crippen molar-refractivity contribution in [3.05, 3.63) is 29.3 Å². The van der Waals surface area contributed by atoms with Crippen molar-refractivity contribution in [2.75, 3.05) is 58.0 Å². The molecular weight excluding hydrogens is 411 g/mol. The van der Waals surface area contributed by atoms with Gasteiger partial charge in [0, 0.05) is 50.8 Å². The summed E-state index contributed by atoms with van der Waals surface area (Å²) in [6.45, 7) is 5.35. The Hall–Kier alpha value is -2.31. The molecule has 3 rings (SSSR count). The lowest BCUT2D eigenvalue weighted by Crippen LogP contribution is -2.53. The number of carbonyl (C=O) groups is 1. The third-order valence-corrected chi connectivity index (χ3v) is 6.34. The number of nitriles is 1. The molecule has 0 spiro atoms. The van der Waals surface area contributed by atoms with E-state index in [9.17, 15) is 18.0 Å². The molecular formula is C22H28F3N3O3. The normalized spacial score (nSPS) is 23.5. The number of carbonyl (C=O) groups excluding carboxylic acids is 1. The lowest BCUT2D eigenvalue weighted by molar-refractivity contribution is -0.138. The highest BCUT2D eigenvalue weighted by molar-refractivity contribution is 5.76. The van der Waals surface area contributed by atoms with Crippen molar-refractivity contribution in [1.82, 2.24) is 4.90 Å². The van der Waals surface area contributed by atoms with Crippen molar-refractivity contribution in [2.24, 2.45) is 11.3 Å². The number of hydrogen-bond acceptors (Lipinski definition) is 5. The molecule has 1 aromatic rings. The van der Waals surface area contributed by atoms with Gasteiger partial charge < -0.3 is 19.3 Å². The summed E-state index contributed by atoms with van der Waals surface area (Å²) < 4.78 is 51.2. The van der Waals surface area contributed by atoms with Gasteiger partial charge in [0.05, 0.1) is 37.0 Å². The highest BCUT2D eigenvalue weighted by Crippen LogP contribution is 2.45. The van der Waals surface area contributed by atoms with Gasteiger partial charge in [0.25, 0.3) is 0 Å². The molecule has 0 N–H and O–H groups in total. The number of rotatable bonds is 7. The van der Waals surface area contributed by atoms with Gasteiger partial charge in [0.1, 0.15) is 0 Å². The Kier molecular flexibility index (Phi) is 7.12. The van der Waals surface area contributed by atoms with Gasteiger partial charge in [-0.3, -0.25) is 4.79 Å². The average Bonchev–Trinajstić information content (AvgIpc) is 3.14. The summed E-state index contributed by atoms with van der Waals surface area (Å²) in [7, 11) is 1.59. The summed E-state index contributed by atoms with van der Waals surface area (Å²) in [5, 5.41) is 9.07.